The third-order valence-corrected chi connectivity index (χ3v) is 3.06. The molecule has 0 saturated heterocycles. The van der Waals surface area contributed by atoms with E-state index in [0.717, 1.165) is 5.56 Å². The largest absolute Gasteiger partial charge is 0.345 e. The molecule has 2 aromatic rings. The molecule has 0 fully saturated rings. The van der Waals surface area contributed by atoms with E-state index in [1.54, 1.807) is 26.0 Å². The molecule has 4 nitrogen and oxygen atoms in total. The molecule has 1 amide bonds. The second kappa shape index (κ2) is 5.77. The van der Waals surface area contributed by atoms with Gasteiger partial charge in [0.25, 0.3) is 5.91 Å². The van der Waals surface area contributed by atoms with Crippen molar-refractivity contribution in [2.75, 3.05) is 0 Å². The molecule has 104 valence electrons. The fraction of sp³-hybridized carbons (Fsp3) is 0.267. The molecule has 0 saturated carbocycles. The highest BCUT2D eigenvalue weighted by Gasteiger charge is 2.14. The van der Waals surface area contributed by atoms with E-state index in [4.69, 9.17) is 0 Å². The summed E-state index contributed by atoms with van der Waals surface area (Å²) in [6.07, 6.45) is 1.52. The number of aromatic nitrogens is 2. The maximum Gasteiger partial charge on any atom is 0.255 e. The van der Waals surface area contributed by atoms with Crippen LogP contribution in [-0.4, -0.2) is 15.9 Å². The minimum atomic E-state index is -0.296. The molecule has 0 bridgehead atoms. The number of halogens is 1. The number of hydrogen-bond donors (Lipinski definition) is 1. The first kappa shape index (κ1) is 14.1. The summed E-state index contributed by atoms with van der Waals surface area (Å²) in [4.78, 5) is 20.4. The van der Waals surface area contributed by atoms with Crippen LogP contribution in [0.1, 0.15) is 40.4 Å². The average Bonchev–Trinajstić information content (AvgIpc) is 2.39. The fourth-order valence-electron chi connectivity index (χ4n) is 1.92. The standard InChI is InChI=1S/C15H16FN3O/c1-9(12-4-6-13(16)7-5-12)19-15(20)14-8-17-11(3)18-10(14)2/h4-9H,1-3H3,(H,19,20)/t9-/m1/s1. The molecule has 1 heterocycles. The van der Waals surface area contributed by atoms with Gasteiger partial charge in [-0.1, -0.05) is 12.1 Å². The molecule has 5 heteroatoms. The van der Waals surface area contributed by atoms with Crippen LogP contribution in [0.4, 0.5) is 4.39 Å². The maximum atomic E-state index is 12.9. The number of benzene rings is 1. The highest BCUT2D eigenvalue weighted by Crippen LogP contribution is 2.14. The minimum Gasteiger partial charge on any atom is -0.345 e. The van der Waals surface area contributed by atoms with E-state index in [2.05, 4.69) is 15.3 Å². The third kappa shape index (κ3) is 3.17. The molecule has 20 heavy (non-hydrogen) atoms. The number of carbonyl (C=O) groups excluding carboxylic acids is 1. The van der Waals surface area contributed by atoms with Gasteiger partial charge in [-0.05, 0) is 38.5 Å². The Morgan fingerprint density at radius 1 is 1.25 bits per heavy atom. The second-order valence-corrected chi connectivity index (χ2v) is 4.66. The lowest BCUT2D eigenvalue weighted by Crippen LogP contribution is -2.27. The molecule has 1 atom stereocenters. The Morgan fingerprint density at radius 3 is 2.50 bits per heavy atom. The predicted octanol–water partition coefficient (Wildman–Crippen LogP) is 2.72. The summed E-state index contributed by atoms with van der Waals surface area (Å²) in [7, 11) is 0. The topological polar surface area (TPSA) is 54.9 Å². The van der Waals surface area contributed by atoms with E-state index in [9.17, 15) is 9.18 Å². The van der Waals surface area contributed by atoms with E-state index in [1.165, 1.54) is 18.3 Å². The first-order valence-corrected chi connectivity index (χ1v) is 6.34. The molecule has 1 aromatic carbocycles. The van der Waals surface area contributed by atoms with E-state index in [-0.39, 0.29) is 17.8 Å². The van der Waals surface area contributed by atoms with Crippen molar-refractivity contribution in [3.05, 3.63) is 58.9 Å². The summed E-state index contributed by atoms with van der Waals surface area (Å²) < 4.78 is 12.9. The molecule has 0 unspecified atom stereocenters. The van der Waals surface area contributed by atoms with Gasteiger partial charge in [-0.2, -0.15) is 0 Å². The highest BCUT2D eigenvalue weighted by molar-refractivity contribution is 5.95. The van der Waals surface area contributed by atoms with Crippen LogP contribution in [0.25, 0.3) is 0 Å². The monoisotopic (exact) mass is 273 g/mol. The Kier molecular flexibility index (Phi) is 4.08. The van der Waals surface area contributed by atoms with Crippen LogP contribution in [0.3, 0.4) is 0 Å². The summed E-state index contributed by atoms with van der Waals surface area (Å²) >= 11 is 0. The Balaban J connectivity index is 2.13. The summed E-state index contributed by atoms with van der Waals surface area (Å²) in [5, 5.41) is 2.85. The van der Waals surface area contributed by atoms with E-state index in [1.807, 2.05) is 6.92 Å². The Hall–Kier alpha value is -2.30. The summed E-state index contributed by atoms with van der Waals surface area (Å²) in [5.41, 5.74) is 1.93. The first-order valence-electron chi connectivity index (χ1n) is 6.34. The molecule has 1 aromatic heterocycles. The van der Waals surface area contributed by atoms with Crippen molar-refractivity contribution in [3.63, 3.8) is 0 Å². The lowest BCUT2D eigenvalue weighted by molar-refractivity contribution is 0.0938. The van der Waals surface area contributed by atoms with Crippen molar-refractivity contribution < 1.29 is 9.18 Å². The molecular formula is C15H16FN3O. The zero-order chi connectivity index (χ0) is 14.7. The van der Waals surface area contributed by atoms with Crippen molar-refractivity contribution in [1.29, 1.82) is 0 Å². The summed E-state index contributed by atoms with van der Waals surface area (Å²) in [6.45, 7) is 5.39. The van der Waals surface area contributed by atoms with Gasteiger partial charge >= 0.3 is 0 Å². The SMILES string of the molecule is Cc1ncc(C(=O)N[C@H](C)c2ccc(F)cc2)c(C)n1. The van der Waals surface area contributed by atoms with Gasteiger partial charge in [0, 0.05) is 6.20 Å². The smallest absolute Gasteiger partial charge is 0.255 e. The lowest BCUT2D eigenvalue weighted by Gasteiger charge is -2.15. The fourth-order valence-corrected chi connectivity index (χ4v) is 1.92. The van der Waals surface area contributed by atoms with Crippen LogP contribution in [0.15, 0.2) is 30.5 Å². The van der Waals surface area contributed by atoms with Gasteiger partial charge in [0.2, 0.25) is 0 Å². The third-order valence-electron chi connectivity index (χ3n) is 3.06. The van der Waals surface area contributed by atoms with Gasteiger partial charge in [0.05, 0.1) is 17.3 Å². The van der Waals surface area contributed by atoms with Gasteiger partial charge in [-0.3, -0.25) is 4.79 Å². The highest BCUT2D eigenvalue weighted by atomic mass is 19.1. The summed E-state index contributed by atoms with van der Waals surface area (Å²) in [6, 6.07) is 5.83. The van der Waals surface area contributed by atoms with Crippen molar-refractivity contribution in [3.8, 4) is 0 Å². The van der Waals surface area contributed by atoms with Gasteiger partial charge < -0.3 is 5.32 Å². The molecule has 0 aliphatic carbocycles. The van der Waals surface area contributed by atoms with Crippen LogP contribution in [0.5, 0.6) is 0 Å². The minimum absolute atomic E-state index is 0.219. The number of nitrogens with one attached hydrogen (secondary N) is 1. The Morgan fingerprint density at radius 2 is 1.90 bits per heavy atom. The van der Waals surface area contributed by atoms with E-state index in [0.29, 0.717) is 17.1 Å². The number of aryl methyl sites for hydroxylation is 2. The van der Waals surface area contributed by atoms with Crippen LogP contribution in [0.2, 0.25) is 0 Å². The van der Waals surface area contributed by atoms with Crippen molar-refractivity contribution in [1.82, 2.24) is 15.3 Å². The molecule has 0 spiro atoms. The molecule has 0 aliphatic rings. The quantitative estimate of drug-likeness (QED) is 0.935. The number of amides is 1. The first-order chi connectivity index (χ1) is 9.47. The lowest BCUT2D eigenvalue weighted by atomic mass is 10.1. The second-order valence-electron chi connectivity index (χ2n) is 4.66. The van der Waals surface area contributed by atoms with Gasteiger partial charge in [-0.15, -0.1) is 0 Å². The Labute approximate surface area is 117 Å². The van der Waals surface area contributed by atoms with Crippen LogP contribution in [0, 0.1) is 19.7 Å². The predicted molar refractivity (Wildman–Crippen MR) is 73.8 cm³/mol. The Bertz CT molecular complexity index is 626. The van der Waals surface area contributed by atoms with Gasteiger partial charge in [-0.25, -0.2) is 14.4 Å². The molecular weight excluding hydrogens is 257 g/mol. The van der Waals surface area contributed by atoms with Gasteiger partial charge in [0.15, 0.2) is 0 Å². The molecule has 1 N–H and O–H groups in total. The van der Waals surface area contributed by atoms with Crippen molar-refractivity contribution in [2.24, 2.45) is 0 Å². The number of nitrogens with zero attached hydrogens (tertiary/aromatic N) is 2. The van der Waals surface area contributed by atoms with E-state index >= 15 is 0 Å². The van der Waals surface area contributed by atoms with Gasteiger partial charge in [0.1, 0.15) is 11.6 Å². The van der Waals surface area contributed by atoms with Crippen LogP contribution in [-0.2, 0) is 0 Å². The normalized spacial score (nSPS) is 12.0. The molecule has 2 rings (SSSR count). The number of rotatable bonds is 3. The molecule has 0 aliphatic heterocycles. The van der Waals surface area contributed by atoms with Crippen LogP contribution >= 0.6 is 0 Å². The molecule has 0 radical (unpaired) electrons. The van der Waals surface area contributed by atoms with E-state index < -0.39 is 0 Å². The number of carbonyl (C=O) groups is 1. The van der Waals surface area contributed by atoms with Crippen molar-refractivity contribution in [2.45, 2.75) is 26.8 Å². The average molecular weight is 273 g/mol. The zero-order valence-electron chi connectivity index (χ0n) is 11.6. The summed E-state index contributed by atoms with van der Waals surface area (Å²) in [5.74, 6) is 0.0972. The number of hydrogen-bond acceptors (Lipinski definition) is 3. The maximum absolute atomic E-state index is 12.9. The van der Waals surface area contributed by atoms with Crippen LogP contribution < -0.4 is 5.32 Å². The zero-order valence-corrected chi connectivity index (χ0v) is 11.6. The van der Waals surface area contributed by atoms with Crippen molar-refractivity contribution >= 4 is 5.91 Å².